The highest BCUT2D eigenvalue weighted by molar-refractivity contribution is 6.30. The third-order valence-electron chi connectivity index (χ3n) is 4.58. The van der Waals surface area contributed by atoms with Crippen LogP contribution < -0.4 is 15.5 Å². The van der Waals surface area contributed by atoms with E-state index in [1.165, 1.54) is 30.2 Å². The number of hydrogen-bond acceptors (Lipinski definition) is 6. The van der Waals surface area contributed by atoms with E-state index in [9.17, 15) is 18.0 Å². The molecule has 0 fully saturated rings. The minimum atomic E-state index is -4.51. The average molecular weight is 465 g/mol. The van der Waals surface area contributed by atoms with Gasteiger partial charge in [0.15, 0.2) is 5.65 Å². The summed E-state index contributed by atoms with van der Waals surface area (Å²) in [4.78, 5) is 17.1. The summed E-state index contributed by atoms with van der Waals surface area (Å²) in [6.07, 6.45) is 2.23. The van der Waals surface area contributed by atoms with Crippen molar-refractivity contribution in [3.63, 3.8) is 0 Å². The molecule has 0 bridgehead atoms. The van der Waals surface area contributed by atoms with E-state index in [1.54, 1.807) is 30.5 Å². The number of nitrogens with zero attached hydrogens (tertiary/aromatic N) is 4. The molecule has 3 heterocycles. The monoisotopic (exact) mass is 464 g/mol. The van der Waals surface area contributed by atoms with Gasteiger partial charge in [0.05, 0.1) is 25.0 Å². The molecule has 0 aliphatic carbocycles. The molecular formula is C20H16ClF3N6O2. The standard InChI is InChI=1S/C20H16ClF3N6O2/c1-32-16-4-3-12(21)9-13(16)17-15(11-29(28-17)8-5-20(22,23)24)27-19(31)14-10-26-30-7-2-6-25-18(14)30/h2-11,17,28H,1H3,(H,27,31)/b8-5+. The van der Waals surface area contributed by atoms with Gasteiger partial charge in [0.1, 0.15) is 11.3 Å². The molecule has 166 valence electrons. The first-order chi connectivity index (χ1) is 15.2. The molecule has 4 rings (SSSR count). The molecule has 1 aliphatic rings. The first kappa shape index (κ1) is 21.7. The maximum absolute atomic E-state index is 13.0. The molecule has 1 amide bonds. The van der Waals surface area contributed by atoms with Crippen molar-refractivity contribution in [1.29, 1.82) is 0 Å². The lowest BCUT2D eigenvalue weighted by Gasteiger charge is -2.21. The SMILES string of the molecule is COc1ccc(Cl)cc1C1NN(/C=C/C(F)(F)F)C=C1NC(=O)c1cnn2cccnc12. The number of amides is 1. The number of methoxy groups -OCH3 is 1. The number of aromatic nitrogens is 3. The number of alkyl halides is 3. The van der Waals surface area contributed by atoms with Crippen LogP contribution >= 0.6 is 11.6 Å². The number of allylic oxidation sites excluding steroid dienone is 1. The molecule has 32 heavy (non-hydrogen) atoms. The van der Waals surface area contributed by atoms with Gasteiger partial charge in [-0.25, -0.2) is 14.9 Å². The van der Waals surface area contributed by atoms with Crippen LogP contribution in [0.2, 0.25) is 5.02 Å². The zero-order valence-corrected chi connectivity index (χ0v) is 17.2. The summed E-state index contributed by atoms with van der Waals surface area (Å²) in [5.41, 5.74) is 4.22. The fourth-order valence-electron chi connectivity index (χ4n) is 3.19. The Labute approximate surface area is 184 Å². The van der Waals surface area contributed by atoms with Crippen molar-refractivity contribution in [3.8, 4) is 5.75 Å². The summed E-state index contributed by atoms with van der Waals surface area (Å²) in [5, 5.41) is 8.30. The van der Waals surface area contributed by atoms with Crippen molar-refractivity contribution in [1.82, 2.24) is 30.3 Å². The molecular weight excluding hydrogens is 449 g/mol. The van der Waals surface area contributed by atoms with Gasteiger partial charge >= 0.3 is 6.18 Å². The Morgan fingerprint density at radius 3 is 2.94 bits per heavy atom. The summed E-state index contributed by atoms with van der Waals surface area (Å²) in [5.74, 6) is -0.0919. The lowest BCUT2D eigenvalue weighted by atomic mass is 10.0. The van der Waals surface area contributed by atoms with Gasteiger partial charge < -0.3 is 10.1 Å². The van der Waals surface area contributed by atoms with Gasteiger partial charge in [0, 0.05) is 41.5 Å². The second kappa shape index (κ2) is 8.52. The molecule has 1 unspecified atom stereocenters. The minimum Gasteiger partial charge on any atom is -0.496 e. The Morgan fingerprint density at radius 2 is 2.19 bits per heavy atom. The number of carbonyl (C=O) groups is 1. The topological polar surface area (TPSA) is 83.8 Å². The number of benzene rings is 1. The number of hydrogen-bond donors (Lipinski definition) is 2. The third kappa shape index (κ3) is 4.53. The van der Waals surface area contributed by atoms with Crippen molar-refractivity contribution in [2.75, 3.05) is 7.11 Å². The van der Waals surface area contributed by atoms with Gasteiger partial charge in [0.25, 0.3) is 5.91 Å². The lowest BCUT2D eigenvalue weighted by Crippen LogP contribution is -2.31. The highest BCUT2D eigenvalue weighted by atomic mass is 35.5. The zero-order valence-electron chi connectivity index (χ0n) is 16.5. The second-order valence-electron chi connectivity index (χ2n) is 6.70. The van der Waals surface area contributed by atoms with Crippen LogP contribution in [-0.4, -0.2) is 38.8 Å². The van der Waals surface area contributed by atoms with Crippen molar-refractivity contribution in [2.24, 2.45) is 0 Å². The summed E-state index contributed by atoms with van der Waals surface area (Å²) in [6, 6.07) is 5.76. The largest absolute Gasteiger partial charge is 0.496 e. The normalized spacial score (nSPS) is 16.6. The van der Waals surface area contributed by atoms with Gasteiger partial charge in [-0.2, -0.15) is 18.3 Å². The molecule has 1 aliphatic heterocycles. The van der Waals surface area contributed by atoms with Gasteiger partial charge in [-0.05, 0) is 24.3 Å². The maximum Gasteiger partial charge on any atom is 0.411 e. The van der Waals surface area contributed by atoms with E-state index in [2.05, 4.69) is 20.8 Å². The van der Waals surface area contributed by atoms with Gasteiger partial charge in [-0.15, -0.1) is 0 Å². The van der Waals surface area contributed by atoms with Gasteiger partial charge in [-0.1, -0.05) is 11.6 Å². The summed E-state index contributed by atoms with van der Waals surface area (Å²) in [6.45, 7) is 0. The number of carbonyl (C=O) groups excluding carboxylic acids is 1. The highest BCUT2D eigenvalue weighted by Gasteiger charge is 2.31. The van der Waals surface area contributed by atoms with Gasteiger partial charge in [0.2, 0.25) is 0 Å². The lowest BCUT2D eigenvalue weighted by molar-refractivity contribution is -0.0807. The fourth-order valence-corrected chi connectivity index (χ4v) is 3.37. The molecule has 12 heteroatoms. The summed E-state index contributed by atoms with van der Waals surface area (Å²) < 4.78 is 44.8. The van der Waals surface area contributed by atoms with E-state index < -0.39 is 18.1 Å². The Morgan fingerprint density at radius 1 is 1.38 bits per heavy atom. The van der Waals surface area contributed by atoms with Crippen molar-refractivity contribution < 1.29 is 22.7 Å². The predicted molar refractivity (Wildman–Crippen MR) is 109 cm³/mol. The smallest absolute Gasteiger partial charge is 0.411 e. The van der Waals surface area contributed by atoms with Crippen LogP contribution in [0, 0.1) is 0 Å². The molecule has 0 saturated heterocycles. The van der Waals surface area contributed by atoms with Crippen LogP contribution in [0.1, 0.15) is 22.0 Å². The number of nitrogens with one attached hydrogen (secondary N) is 2. The summed E-state index contributed by atoms with van der Waals surface area (Å²) >= 11 is 6.12. The maximum atomic E-state index is 13.0. The molecule has 0 saturated carbocycles. The van der Waals surface area contributed by atoms with Gasteiger partial charge in [-0.3, -0.25) is 9.80 Å². The number of halogens is 4. The first-order valence-corrected chi connectivity index (χ1v) is 9.58. The molecule has 0 spiro atoms. The Bertz CT molecular complexity index is 1220. The van der Waals surface area contributed by atoms with Crippen molar-refractivity contribution >= 4 is 23.2 Å². The van der Waals surface area contributed by atoms with Crippen molar-refractivity contribution in [3.05, 3.63) is 83.2 Å². The van der Waals surface area contributed by atoms with Crippen LogP contribution in [0.4, 0.5) is 13.2 Å². The van der Waals surface area contributed by atoms with E-state index in [1.807, 2.05) is 0 Å². The van der Waals surface area contributed by atoms with E-state index in [-0.39, 0.29) is 17.3 Å². The quantitative estimate of drug-likeness (QED) is 0.600. The highest BCUT2D eigenvalue weighted by Crippen LogP contribution is 2.35. The van der Waals surface area contributed by atoms with Crippen molar-refractivity contribution in [2.45, 2.75) is 12.2 Å². The first-order valence-electron chi connectivity index (χ1n) is 9.20. The number of hydrazine groups is 1. The molecule has 1 atom stereocenters. The molecule has 1 aromatic carbocycles. The Hall–Kier alpha value is -3.57. The average Bonchev–Trinajstić information content (AvgIpc) is 3.36. The van der Waals surface area contributed by atoms with Crippen LogP contribution in [0.5, 0.6) is 5.75 Å². The molecule has 8 nitrogen and oxygen atoms in total. The van der Waals surface area contributed by atoms with Crippen LogP contribution in [-0.2, 0) is 0 Å². The third-order valence-corrected chi connectivity index (χ3v) is 4.81. The predicted octanol–water partition coefficient (Wildman–Crippen LogP) is 3.60. The Balaban J connectivity index is 1.68. The van der Waals surface area contributed by atoms with Crippen LogP contribution in [0.15, 0.2) is 67.0 Å². The Kier molecular flexibility index (Phi) is 5.76. The second-order valence-corrected chi connectivity index (χ2v) is 7.13. The van der Waals surface area contributed by atoms with E-state index in [0.717, 1.165) is 11.2 Å². The molecule has 2 N–H and O–H groups in total. The fraction of sp³-hybridized carbons (Fsp3) is 0.150. The zero-order chi connectivity index (χ0) is 22.9. The van der Waals surface area contributed by atoms with E-state index in [4.69, 9.17) is 16.3 Å². The number of rotatable bonds is 5. The number of fused-ring (bicyclic) bond motifs is 1. The van der Waals surface area contributed by atoms with E-state index >= 15 is 0 Å². The molecule has 2 aromatic heterocycles. The van der Waals surface area contributed by atoms with Crippen LogP contribution in [0.25, 0.3) is 5.65 Å². The molecule has 3 aromatic rings. The van der Waals surface area contributed by atoms with Crippen LogP contribution in [0.3, 0.4) is 0 Å². The summed E-state index contributed by atoms with van der Waals surface area (Å²) in [7, 11) is 1.45. The molecule has 0 radical (unpaired) electrons. The minimum absolute atomic E-state index is 0.0721. The van der Waals surface area contributed by atoms with E-state index in [0.29, 0.717) is 22.0 Å². The number of ether oxygens (including phenoxy) is 1.